The molecule has 23 heavy (non-hydrogen) atoms. The zero-order valence-corrected chi connectivity index (χ0v) is 11.6. The molecule has 122 valence electrons. The van der Waals surface area contributed by atoms with E-state index in [-0.39, 0.29) is 12.1 Å². The van der Waals surface area contributed by atoms with Crippen LogP contribution in [-0.2, 0) is 10.1 Å². The quantitative estimate of drug-likeness (QED) is 0.278. The SMILES string of the molecule is O=[N+]([O-])c1ccc(F)cc1OS(=O)(=O)c1cc(F)c(F)cc1F. The van der Waals surface area contributed by atoms with Crippen LogP contribution in [0.15, 0.2) is 35.2 Å². The maximum Gasteiger partial charge on any atom is 0.342 e. The van der Waals surface area contributed by atoms with Crippen LogP contribution in [0.25, 0.3) is 0 Å². The van der Waals surface area contributed by atoms with Crippen molar-refractivity contribution in [1.82, 2.24) is 0 Å². The lowest BCUT2D eigenvalue weighted by Crippen LogP contribution is -2.13. The molecule has 0 radical (unpaired) electrons. The average molecular weight is 351 g/mol. The summed E-state index contributed by atoms with van der Waals surface area (Å²) in [5.74, 6) is -7.10. The highest BCUT2D eigenvalue weighted by Gasteiger charge is 2.28. The van der Waals surface area contributed by atoms with E-state index in [4.69, 9.17) is 0 Å². The van der Waals surface area contributed by atoms with Crippen LogP contribution < -0.4 is 4.18 Å². The molecule has 0 saturated carbocycles. The Morgan fingerprint density at radius 3 is 2.17 bits per heavy atom. The van der Waals surface area contributed by atoms with E-state index in [1.54, 1.807) is 0 Å². The average Bonchev–Trinajstić information content (AvgIpc) is 2.41. The van der Waals surface area contributed by atoms with Crippen molar-refractivity contribution in [2.75, 3.05) is 0 Å². The zero-order valence-electron chi connectivity index (χ0n) is 10.8. The van der Waals surface area contributed by atoms with Gasteiger partial charge in [0.15, 0.2) is 11.6 Å². The predicted octanol–water partition coefficient (Wildman–Crippen LogP) is 2.92. The van der Waals surface area contributed by atoms with E-state index in [0.29, 0.717) is 18.2 Å². The molecule has 0 saturated heterocycles. The summed E-state index contributed by atoms with van der Waals surface area (Å²) in [6, 6.07) is 1.65. The summed E-state index contributed by atoms with van der Waals surface area (Å²) in [5, 5.41) is 10.7. The number of hydrogen-bond donors (Lipinski definition) is 0. The van der Waals surface area contributed by atoms with E-state index in [2.05, 4.69) is 4.18 Å². The first kappa shape index (κ1) is 16.7. The van der Waals surface area contributed by atoms with Crippen LogP contribution in [-0.4, -0.2) is 13.3 Å². The number of nitro groups is 1. The molecule has 2 rings (SSSR count). The fourth-order valence-electron chi connectivity index (χ4n) is 1.56. The van der Waals surface area contributed by atoms with Crippen LogP contribution >= 0.6 is 0 Å². The third-order valence-corrected chi connectivity index (χ3v) is 3.81. The Bertz CT molecular complexity index is 901. The minimum Gasteiger partial charge on any atom is -0.371 e. The number of nitro benzene ring substituents is 1. The number of halogens is 4. The molecule has 0 heterocycles. The molecule has 11 heteroatoms. The Balaban J connectivity index is 2.54. The van der Waals surface area contributed by atoms with Crippen LogP contribution in [0.3, 0.4) is 0 Å². The Kier molecular flexibility index (Phi) is 4.23. The van der Waals surface area contributed by atoms with E-state index in [9.17, 15) is 36.1 Å². The summed E-state index contributed by atoms with van der Waals surface area (Å²) in [7, 11) is -5.11. The molecule has 0 aliphatic rings. The molecule has 2 aromatic carbocycles. The largest absolute Gasteiger partial charge is 0.371 e. The third kappa shape index (κ3) is 3.39. The van der Waals surface area contributed by atoms with Gasteiger partial charge in [-0.05, 0) is 6.07 Å². The first-order valence-electron chi connectivity index (χ1n) is 5.65. The van der Waals surface area contributed by atoms with E-state index < -0.39 is 54.6 Å². The van der Waals surface area contributed by atoms with Crippen LogP contribution in [0.4, 0.5) is 23.2 Å². The lowest BCUT2D eigenvalue weighted by atomic mass is 10.3. The molecule has 0 bridgehead atoms. The van der Waals surface area contributed by atoms with Gasteiger partial charge in [0, 0.05) is 24.3 Å². The van der Waals surface area contributed by atoms with E-state index in [1.165, 1.54) is 0 Å². The van der Waals surface area contributed by atoms with Gasteiger partial charge in [0.25, 0.3) is 0 Å². The van der Waals surface area contributed by atoms with E-state index in [1.807, 2.05) is 0 Å². The van der Waals surface area contributed by atoms with Gasteiger partial charge in [0.2, 0.25) is 5.75 Å². The summed E-state index contributed by atoms with van der Waals surface area (Å²) in [4.78, 5) is 8.29. The summed E-state index contributed by atoms with van der Waals surface area (Å²) >= 11 is 0. The van der Waals surface area contributed by atoms with Gasteiger partial charge in [0.05, 0.1) is 4.92 Å². The first-order valence-corrected chi connectivity index (χ1v) is 7.05. The van der Waals surface area contributed by atoms with Crippen LogP contribution in [0, 0.1) is 33.4 Å². The zero-order chi connectivity index (χ0) is 17.4. The number of hydrogen-bond acceptors (Lipinski definition) is 5. The Morgan fingerprint density at radius 1 is 0.957 bits per heavy atom. The normalized spacial score (nSPS) is 11.3. The molecule has 0 aliphatic carbocycles. The second kappa shape index (κ2) is 5.83. The molecule has 0 aliphatic heterocycles. The lowest BCUT2D eigenvalue weighted by molar-refractivity contribution is -0.385. The molecule has 2 aromatic rings. The van der Waals surface area contributed by atoms with Gasteiger partial charge in [-0.1, -0.05) is 0 Å². The van der Waals surface area contributed by atoms with Crippen molar-refractivity contribution in [3.05, 3.63) is 63.7 Å². The predicted molar refractivity (Wildman–Crippen MR) is 67.2 cm³/mol. The highest BCUT2D eigenvalue weighted by atomic mass is 32.2. The third-order valence-electron chi connectivity index (χ3n) is 2.56. The smallest absolute Gasteiger partial charge is 0.342 e. The summed E-state index contributed by atoms with van der Waals surface area (Å²) in [5.41, 5.74) is -0.919. The number of nitrogens with zero attached hydrogens (tertiary/aromatic N) is 1. The highest BCUT2D eigenvalue weighted by Crippen LogP contribution is 2.31. The molecule has 6 nitrogen and oxygen atoms in total. The molecule has 0 atom stereocenters. The van der Waals surface area contributed by atoms with Crippen LogP contribution in [0.1, 0.15) is 0 Å². The van der Waals surface area contributed by atoms with Crippen molar-refractivity contribution < 1.29 is 35.1 Å². The summed E-state index contributed by atoms with van der Waals surface area (Å²) < 4.78 is 80.5. The molecular formula is C12H5F4NO5S. The van der Waals surface area contributed by atoms with Crippen LogP contribution in [0.2, 0.25) is 0 Å². The topological polar surface area (TPSA) is 86.5 Å². The van der Waals surface area contributed by atoms with Crippen LogP contribution in [0.5, 0.6) is 5.75 Å². The van der Waals surface area contributed by atoms with Gasteiger partial charge in [-0.3, -0.25) is 10.1 Å². The fraction of sp³-hybridized carbons (Fsp3) is 0. The van der Waals surface area contributed by atoms with E-state index in [0.717, 1.165) is 0 Å². The van der Waals surface area contributed by atoms with E-state index >= 15 is 0 Å². The Hall–Kier alpha value is -2.69. The fourth-order valence-corrected chi connectivity index (χ4v) is 2.57. The lowest BCUT2D eigenvalue weighted by Gasteiger charge is -2.08. The second-order valence-corrected chi connectivity index (χ2v) is 5.62. The van der Waals surface area contributed by atoms with Crippen molar-refractivity contribution in [3.8, 4) is 5.75 Å². The molecule has 0 unspecified atom stereocenters. The monoisotopic (exact) mass is 351 g/mol. The van der Waals surface area contributed by atoms with Gasteiger partial charge >= 0.3 is 15.8 Å². The molecular weight excluding hydrogens is 346 g/mol. The molecule has 0 amide bonds. The molecule has 0 aromatic heterocycles. The Morgan fingerprint density at radius 2 is 1.57 bits per heavy atom. The standard InChI is InChI=1S/C12H5F4NO5S/c13-6-1-2-10(17(18)19)11(3-6)22-23(20,21)12-5-8(15)7(14)4-9(12)16/h1-5H. The van der Waals surface area contributed by atoms with Crippen molar-refractivity contribution in [2.24, 2.45) is 0 Å². The highest BCUT2D eigenvalue weighted by molar-refractivity contribution is 7.87. The first-order chi connectivity index (χ1) is 10.6. The molecule has 0 spiro atoms. The minimum absolute atomic E-state index is 0.00509. The number of benzene rings is 2. The summed E-state index contributed by atoms with van der Waals surface area (Å²) in [6.07, 6.45) is 0. The molecule has 0 fully saturated rings. The number of rotatable bonds is 4. The van der Waals surface area contributed by atoms with Crippen molar-refractivity contribution in [2.45, 2.75) is 4.90 Å². The second-order valence-electron chi connectivity index (χ2n) is 4.10. The maximum absolute atomic E-state index is 13.5. The minimum atomic E-state index is -5.11. The van der Waals surface area contributed by atoms with Crippen molar-refractivity contribution in [3.63, 3.8) is 0 Å². The van der Waals surface area contributed by atoms with Crippen molar-refractivity contribution >= 4 is 15.8 Å². The van der Waals surface area contributed by atoms with Gasteiger partial charge in [0.1, 0.15) is 16.5 Å². The van der Waals surface area contributed by atoms with Gasteiger partial charge in [-0.25, -0.2) is 17.6 Å². The molecule has 0 N–H and O–H groups in total. The Labute approximate surface area is 126 Å². The van der Waals surface area contributed by atoms with Gasteiger partial charge < -0.3 is 4.18 Å². The van der Waals surface area contributed by atoms with Crippen molar-refractivity contribution in [1.29, 1.82) is 0 Å². The van der Waals surface area contributed by atoms with Gasteiger partial charge in [-0.15, -0.1) is 0 Å². The summed E-state index contributed by atoms with van der Waals surface area (Å²) in [6.45, 7) is 0. The maximum atomic E-state index is 13.5. The van der Waals surface area contributed by atoms with Gasteiger partial charge in [-0.2, -0.15) is 8.42 Å².